The molecule has 7 nitrogen and oxygen atoms in total. The summed E-state index contributed by atoms with van der Waals surface area (Å²) in [5.74, 6) is -0.200. The van der Waals surface area contributed by atoms with Crippen LogP contribution >= 0.6 is 0 Å². The fourth-order valence-corrected chi connectivity index (χ4v) is 7.01. The van der Waals surface area contributed by atoms with Gasteiger partial charge in [0.1, 0.15) is 5.75 Å². The minimum atomic E-state index is -3.92. The molecule has 0 aliphatic carbocycles. The molecule has 0 aromatic heterocycles. The number of nitrogens with zero attached hydrogens (tertiary/aromatic N) is 1. The predicted molar refractivity (Wildman–Crippen MR) is 137 cm³/mol. The number of carbonyl (C=O) groups excluding carboxylic acids is 1. The van der Waals surface area contributed by atoms with Crippen molar-refractivity contribution in [1.82, 2.24) is 0 Å². The molecule has 35 heavy (non-hydrogen) atoms. The molecule has 2 aliphatic heterocycles. The molecule has 0 saturated carbocycles. The van der Waals surface area contributed by atoms with Crippen LogP contribution < -0.4 is 15.4 Å². The van der Waals surface area contributed by atoms with E-state index >= 15 is 0 Å². The molecule has 1 saturated heterocycles. The van der Waals surface area contributed by atoms with E-state index in [9.17, 15) is 13.2 Å². The maximum Gasteiger partial charge on any atom is 0.239 e. The van der Waals surface area contributed by atoms with Crippen LogP contribution in [-0.2, 0) is 25.8 Å². The zero-order valence-electron chi connectivity index (χ0n) is 20.5. The van der Waals surface area contributed by atoms with Crippen LogP contribution in [0.5, 0.6) is 5.75 Å². The highest BCUT2D eigenvalue weighted by Gasteiger charge is 2.51. The van der Waals surface area contributed by atoms with E-state index in [2.05, 4.69) is 30.0 Å². The summed E-state index contributed by atoms with van der Waals surface area (Å²) in [4.78, 5) is 14.7. The molecule has 1 fully saturated rings. The SMILES string of the molecule is Cc1ccc2c(c1)CCCN2CCCCCOc1ccc(S(=O)(=O)C2(C(N)=O)CCOCC2)cc1. The van der Waals surface area contributed by atoms with E-state index < -0.39 is 20.5 Å². The van der Waals surface area contributed by atoms with Gasteiger partial charge in [-0.05, 0) is 87.8 Å². The fourth-order valence-electron chi connectivity index (χ4n) is 5.10. The molecule has 2 aromatic rings. The zero-order chi connectivity index (χ0) is 24.9. The van der Waals surface area contributed by atoms with E-state index in [1.54, 1.807) is 12.1 Å². The number of rotatable bonds is 10. The summed E-state index contributed by atoms with van der Waals surface area (Å²) >= 11 is 0. The van der Waals surface area contributed by atoms with Crippen LogP contribution in [0.25, 0.3) is 0 Å². The summed E-state index contributed by atoms with van der Waals surface area (Å²) in [6, 6.07) is 13.0. The Morgan fingerprint density at radius 3 is 2.54 bits per heavy atom. The van der Waals surface area contributed by atoms with Crippen molar-refractivity contribution in [3.05, 3.63) is 53.6 Å². The Bertz CT molecular complexity index is 1120. The predicted octanol–water partition coefficient (Wildman–Crippen LogP) is 3.81. The number of aryl methyl sites for hydroxylation is 2. The van der Waals surface area contributed by atoms with Crippen molar-refractivity contribution in [2.45, 2.75) is 61.5 Å². The van der Waals surface area contributed by atoms with Crippen molar-refractivity contribution >= 4 is 21.4 Å². The molecule has 2 aliphatic rings. The molecule has 2 aromatic carbocycles. The minimum absolute atomic E-state index is 0.0750. The first-order valence-electron chi connectivity index (χ1n) is 12.5. The minimum Gasteiger partial charge on any atom is -0.494 e. The summed E-state index contributed by atoms with van der Waals surface area (Å²) < 4.78 is 35.9. The molecular weight excluding hydrogens is 464 g/mol. The second-order valence-electron chi connectivity index (χ2n) is 9.58. The van der Waals surface area contributed by atoms with Crippen molar-refractivity contribution in [3.8, 4) is 5.75 Å². The molecule has 190 valence electrons. The van der Waals surface area contributed by atoms with Gasteiger partial charge in [-0.1, -0.05) is 17.7 Å². The lowest BCUT2D eigenvalue weighted by molar-refractivity contribution is -0.122. The average Bonchev–Trinajstić information content (AvgIpc) is 2.86. The first-order chi connectivity index (χ1) is 16.8. The Hall–Kier alpha value is -2.58. The molecule has 0 atom stereocenters. The van der Waals surface area contributed by atoms with Crippen molar-refractivity contribution in [2.24, 2.45) is 5.73 Å². The van der Waals surface area contributed by atoms with Crippen LogP contribution in [0.3, 0.4) is 0 Å². The zero-order valence-corrected chi connectivity index (χ0v) is 21.3. The number of hydrogen-bond donors (Lipinski definition) is 1. The average molecular weight is 501 g/mol. The lowest BCUT2D eigenvalue weighted by Gasteiger charge is -2.33. The van der Waals surface area contributed by atoms with Crippen molar-refractivity contribution in [1.29, 1.82) is 0 Å². The standard InChI is InChI=1S/C27H36N2O5S/c1-21-7-12-25-22(20-21)6-5-16-29(25)15-3-2-4-17-34-23-8-10-24(11-9-23)35(31,32)27(26(28)30)13-18-33-19-14-27/h7-12,20H,2-6,13-19H2,1H3,(H2,28,30). The van der Waals surface area contributed by atoms with E-state index in [0.717, 1.165) is 32.4 Å². The lowest BCUT2D eigenvalue weighted by atomic mass is 9.98. The van der Waals surface area contributed by atoms with Crippen LogP contribution in [0.2, 0.25) is 0 Å². The molecule has 0 spiro atoms. The number of benzene rings is 2. The fraction of sp³-hybridized carbons (Fsp3) is 0.519. The van der Waals surface area contributed by atoms with Gasteiger partial charge in [0, 0.05) is 32.0 Å². The van der Waals surface area contributed by atoms with Crippen molar-refractivity contribution < 1.29 is 22.7 Å². The second kappa shape index (κ2) is 11.0. The number of anilines is 1. The Labute approximate surface area is 208 Å². The number of fused-ring (bicyclic) bond motifs is 1. The van der Waals surface area contributed by atoms with Gasteiger partial charge in [-0.15, -0.1) is 0 Å². The first-order valence-corrected chi connectivity index (χ1v) is 14.0. The third kappa shape index (κ3) is 5.48. The Morgan fingerprint density at radius 1 is 1.09 bits per heavy atom. The number of nitrogens with two attached hydrogens (primary N) is 1. The molecule has 0 radical (unpaired) electrons. The van der Waals surface area contributed by atoms with E-state index in [-0.39, 0.29) is 31.0 Å². The summed E-state index contributed by atoms with van der Waals surface area (Å²) in [6.07, 6.45) is 5.62. The number of carbonyl (C=O) groups is 1. The largest absolute Gasteiger partial charge is 0.494 e. The number of hydrogen-bond acceptors (Lipinski definition) is 6. The number of ether oxygens (including phenoxy) is 2. The molecule has 0 bridgehead atoms. The normalized spacial score (nSPS) is 17.6. The summed E-state index contributed by atoms with van der Waals surface area (Å²) in [5, 5.41) is 0. The van der Waals surface area contributed by atoms with Crippen LogP contribution in [0.15, 0.2) is 47.4 Å². The van der Waals surface area contributed by atoms with Gasteiger partial charge in [0.25, 0.3) is 0 Å². The highest BCUT2D eigenvalue weighted by Crippen LogP contribution is 2.35. The van der Waals surface area contributed by atoms with Crippen LogP contribution in [0.4, 0.5) is 5.69 Å². The Balaban J connectivity index is 1.24. The smallest absolute Gasteiger partial charge is 0.239 e. The van der Waals surface area contributed by atoms with Gasteiger partial charge >= 0.3 is 0 Å². The van der Waals surface area contributed by atoms with E-state index in [4.69, 9.17) is 15.2 Å². The van der Waals surface area contributed by atoms with E-state index in [1.165, 1.54) is 41.8 Å². The van der Waals surface area contributed by atoms with Crippen molar-refractivity contribution in [3.63, 3.8) is 0 Å². The number of amides is 1. The van der Waals surface area contributed by atoms with Crippen LogP contribution in [0, 0.1) is 6.92 Å². The molecule has 2 heterocycles. The number of sulfone groups is 1. The Morgan fingerprint density at radius 2 is 1.83 bits per heavy atom. The van der Waals surface area contributed by atoms with E-state index in [1.807, 2.05) is 0 Å². The molecule has 8 heteroatoms. The third-order valence-electron chi connectivity index (χ3n) is 7.19. The van der Waals surface area contributed by atoms with Gasteiger partial charge in [-0.2, -0.15) is 0 Å². The molecule has 4 rings (SSSR count). The summed E-state index contributed by atoms with van der Waals surface area (Å²) in [7, 11) is -3.92. The van der Waals surface area contributed by atoms with Crippen LogP contribution in [0.1, 0.15) is 49.7 Å². The summed E-state index contributed by atoms with van der Waals surface area (Å²) in [6.45, 7) is 5.29. The third-order valence-corrected chi connectivity index (χ3v) is 9.72. The number of unbranched alkanes of at least 4 members (excludes halogenated alkanes) is 2. The van der Waals surface area contributed by atoms with Gasteiger partial charge in [0.05, 0.1) is 11.5 Å². The van der Waals surface area contributed by atoms with Gasteiger partial charge in [0.2, 0.25) is 5.91 Å². The molecule has 1 amide bonds. The highest BCUT2D eigenvalue weighted by atomic mass is 32.2. The summed E-state index contributed by atoms with van der Waals surface area (Å²) in [5.41, 5.74) is 9.70. The molecular formula is C27H36N2O5S. The second-order valence-corrected chi connectivity index (χ2v) is 11.8. The van der Waals surface area contributed by atoms with Gasteiger partial charge < -0.3 is 20.1 Å². The van der Waals surface area contributed by atoms with Gasteiger partial charge in [-0.25, -0.2) is 8.42 Å². The van der Waals surface area contributed by atoms with Gasteiger partial charge in [-0.3, -0.25) is 4.79 Å². The quantitative estimate of drug-likeness (QED) is 0.498. The number of primary amides is 1. The Kier molecular flexibility index (Phi) is 8.02. The maximum absolute atomic E-state index is 13.2. The topological polar surface area (TPSA) is 98.9 Å². The molecule has 0 unspecified atom stereocenters. The highest BCUT2D eigenvalue weighted by molar-refractivity contribution is 7.93. The van der Waals surface area contributed by atoms with Crippen molar-refractivity contribution in [2.75, 3.05) is 37.8 Å². The maximum atomic E-state index is 13.2. The van der Waals surface area contributed by atoms with Crippen LogP contribution in [-0.4, -0.2) is 52.0 Å². The molecule has 2 N–H and O–H groups in total. The van der Waals surface area contributed by atoms with Gasteiger partial charge in [0.15, 0.2) is 14.6 Å². The monoisotopic (exact) mass is 500 g/mol. The van der Waals surface area contributed by atoms with E-state index in [0.29, 0.717) is 12.4 Å². The first kappa shape index (κ1) is 25.5. The lowest BCUT2D eigenvalue weighted by Crippen LogP contribution is -2.53.